The summed E-state index contributed by atoms with van der Waals surface area (Å²) in [7, 11) is -3.94. The standard InChI is InChI=1S/C22H18Cl2N2O4S/c23-16-9-11-17(12-10-16)31(28,29)26-14-21(30-20-8-4-3-7-19(20)26)22(27)25-13-15-5-1-2-6-18(15)24/h1-12,21H,13-14H2,(H,25,27)/t21-/m1/s1. The molecule has 1 aliphatic rings. The third kappa shape index (κ3) is 4.49. The molecular weight excluding hydrogens is 459 g/mol. The number of ether oxygens (including phenoxy) is 1. The van der Waals surface area contributed by atoms with Crippen LogP contribution in [0.1, 0.15) is 5.56 Å². The summed E-state index contributed by atoms with van der Waals surface area (Å²) in [5.74, 6) is -0.130. The van der Waals surface area contributed by atoms with Crippen LogP contribution in [0.25, 0.3) is 0 Å². The van der Waals surface area contributed by atoms with Crippen molar-refractivity contribution in [2.45, 2.75) is 17.5 Å². The fourth-order valence-corrected chi connectivity index (χ4v) is 5.04. The van der Waals surface area contributed by atoms with Crippen molar-refractivity contribution >= 4 is 44.8 Å². The summed E-state index contributed by atoms with van der Waals surface area (Å²) in [6, 6.07) is 19.7. The van der Waals surface area contributed by atoms with Crippen LogP contribution in [0.15, 0.2) is 77.7 Å². The monoisotopic (exact) mass is 476 g/mol. The SMILES string of the molecule is O=C(NCc1ccccc1Cl)[C@H]1CN(S(=O)(=O)c2ccc(Cl)cc2)c2ccccc2O1. The normalized spacial score (nSPS) is 15.7. The van der Waals surface area contributed by atoms with Gasteiger partial charge in [0.15, 0.2) is 6.10 Å². The number of hydrogen-bond acceptors (Lipinski definition) is 4. The smallest absolute Gasteiger partial charge is 0.264 e. The molecule has 31 heavy (non-hydrogen) atoms. The number of halogens is 2. The van der Waals surface area contributed by atoms with Crippen molar-refractivity contribution in [3.05, 3.63) is 88.4 Å². The Labute approximate surface area is 190 Å². The molecule has 160 valence electrons. The zero-order valence-electron chi connectivity index (χ0n) is 16.2. The van der Waals surface area contributed by atoms with Gasteiger partial charge in [0.05, 0.1) is 17.1 Å². The predicted molar refractivity (Wildman–Crippen MR) is 120 cm³/mol. The molecule has 9 heteroatoms. The predicted octanol–water partition coefficient (Wildman–Crippen LogP) is 4.27. The van der Waals surface area contributed by atoms with Gasteiger partial charge in [-0.3, -0.25) is 9.10 Å². The molecule has 0 aliphatic carbocycles. The number of benzene rings is 3. The van der Waals surface area contributed by atoms with Gasteiger partial charge in [-0.15, -0.1) is 0 Å². The first kappa shape index (κ1) is 21.5. The van der Waals surface area contributed by atoms with E-state index < -0.39 is 22.0 Å². The maximum Gasteiger partial charge on any atom is 0.264 e. The molecule has 1 aliphatic heterocycles. The fourth-order valence-electron chi connectivity index (χ4n) is 3.24. The number of nitrogens with one attached hydrogen (secondary N) is 1. The van der Waals surface area contributed by atoms with Crippen molar-refractivity contribution in [3.63, 3.8) is 0 Å². The Balaban J connectivity index is 1.60. The molecule has 1 N–H and O–H groups in total. The number of hydrogen-bond donors (Lipinski definition) is 1. The summed E-state index contributed by atoms with van der Waals surface area (Å²) in [5.41, 5.74) is 1.12. The molecule has 1 heterocycles. The number of sulfonamides is 1. The van der Waals surface area contributed by atoms with Crippen LogP contribution in [0.5, 0.6) is 5.75 Å². The van der Waals surface area contributed by atoms with Gasteiger partial charge < -0.3 is 10.1 Å². The molecule has 6 nitrogen and oxygen atoms in total. The van der Waals surface area contributed by atoms with E-state index in [2.05, 4.69) is 5.32 Å². The minimum absolute atomic E-state index is 0.0730. The summed E-state index contributed by atoms with van der Waals surface area (Å²) >= 11 is 12.0. The molecule has 0 spiro atoms. The van der Waals surface area contributed by atoms with Gasteiger partial charge in [0, 0.05) is 16.6 Å². The Morgan fingerprint density at radius 3 is 2.42 bits per heavy atom. The van der Waals surface area contributed by atoms with Crippen LogP contribution < -0.4 is 14.4 Å². The molecule has 4 rings (SSSR count). The molecule has 0 aromatic heterocycles. The average molecular weight is 477 g/mol. The van der Waals surface area contributed by atoms with E-state index in [1.165, 1.54) is 28.6 Å². The number of rotatable bonds is 5. The summed E-state index contributed by atoms with van der Waals surface area (Å²) in [4.78, 5) is 12.9. The number of nitrogens with zero attached hydrogens (tertiary/aromatic N) is 1. The Kier molecular flexibility index (Phi) is 6.09. The van der Waals surface area contributed by atoms with E-state index >= 15 is 0 Å². The second-order valence-electron chi connectivity index (χ2n) is 6.87. The summed E-state index contributed by atoms with van der Waals surface area (Å²) in [5, 5.41) is 3.73. The van der Waals surface area contributed by atoms with Gasteiger partial charge in [-0.2, -0.15) is 0 Å². The molecule has 0 saturated carbocycles. The molecule has 1 amide bonds. The highest BCUT2D eigenvalue weighted by atomic mass is 35.5. The van der Waals surface area contributed by atoms with E-state index in [-0.39, 0.29) is 18.0 Å². The Hall–Kier alpha value is -2.74. The van der Waals surface area contributed by atoms with Crippen molar-refractivity contribution in [2.24, 2.45) is 0 Å². The molecule has 3 aromatic rings. The molecule has 0 radical (unpaired) electrons. The highest BCUT2D eigenvalue weighted by Gasteiger charge is 2.37. The van der Waals surface area contributed by atoms with Gasteiger partial charge in [-0.05, 0) is 48.0 Å². The van der Waals surface area contributed by atoms with Crippen LogP contribution in [0, 0.1) is 0 Å². The van der Waals surface area contributed by atoms with Gasteiger partial charge in [0.2, 0.25) is 0 Å². The van der Waals surface area contributed by atoms with Crippen molar-refractivity contribution in [3.8, 4) is 5.75 Å². The largest absolute Gasteiger partial charge is 0.476 e. The zero-order chi connectivity index (χ0) is 22.0. The van der Waals surface area contributed by atoms with Gasteiger partial charge >= 0.3 is 0 Å². The molecule has 0 bridgehead atoms. The summed E-state index contributed by atoms with van der Waals surface area (Å²) in [6.45, 7) is 0.0281. The highest BCUT2D eigenvalue weighted by Crippen LogP contribution is 2.37. The number of para-hydroxylation sites is 2. The highest BCUT2D eigenvalue weighted by molar-refractivity contribution is 7.92. The van der Waals surface area contributed by atoms with E-state index in [1.807, 2.05) is 6.07 Å². The number of carbonyl (C=O) groups is 1. The Morgan fingerprint density at radius 1 is 1.00 bits per heavy atom. The summed E-state index contributed by atoms with van der Waals surface area (Å²) in [6.07, 6.45) is -1.03. The minimum atomic E-state index is -3.94. The first-order valence-corrected chi connectivity index (χ1v) is 11.6. The Bertz CT molecular complexity index is 1220. The number of amides is 1. The van der Waals surface area contributed by atoms with E-state index in [1.54, 1.807) is 42.5 Å². The lowest BCUT2D eigenvalue weighted by molar-refractivity contribution is -0.127. The summed E-state index contributed by atoms with van der Waals surface area (Å²) < 4.78 is 33.7. The van der Waals surface area contributed by atoms with E-state index in [0.29, 0.717) is 21.5 Å². The van der Waals surface area contributed by atoms with Crippen LogP contribution in [0.2, 0.25) is 10.0 Å². The third-order valence-corrected chi connectivity index (χ3v) is 7.25. The van der Waals surface area contributed by atoms with Crippen LogP contribution >= 0.6 is 23.2 Å². The maximum atomic E-state index is 13.3. The lowest BCUT2D eigenvalue weighted by atomic mass is 10.2. The van der Waals surface area contributed by atoms with Crippen LogP contribution in [0.3, 0.4) is 0 Å². The second kappa shape index (κ2) is 8.78. The number of carbonyl (C=O) groups excluding carboxylic acids is 1. The number of anilines is 1. The van der Waals surface area contributed by atoms with E-state index in [9.17, 15) is 13.2 Å². The topological polar surface area (TPSA) is 75.7 Å². The first-order valence-electron chi connectivity index (χ1n) is 9.41. The zero-order valence-corrected chi connectivity index (χ0v) is 18.5. The van der Waals surface area contributed by atoms with Crippen LogP contribution in [-0.4, -0.2) is 27.0 Å². The van der Waals surface area contributed by atoms with Crippen molar-refractivity contribution in [1.82, 2.24) is 5.32 Å². The molecule has 0 fully saturated rings. The molecule has 1 atom stereocenters. The van der Waals surface area contributed by atoms with E-state index in [4.69, 9.17) is 27.9 Å². The lowest BCUT2D eigenvalue weighted by Crippen LogP contribution is -2.50. The van der Waals surface area contributed by atoms with Crippen LogP contribution in [0.4, 0.5) is 5.69 Å². The Morgan fingerprint density at radius 2 is 1.68 bits per heavy atom. The van der Waals surface area contributed by atoms with Gasteiger partial charge in [0.1, 0.15) is 5.75 Å². The number of fused-ring (bicyclic) bond motifs is 1. The van der Waals surface area contributed by atoms with Gasteiger partial charge in [-0.1, -0.05) is 53.5 Å². The average Bonchev–Trinajstić information content (AvgIpc) is 2.78. The fraction of sp³-hybridized carbons (Fsp3) is 0.136. The molecular formula is C22H18Cl2N2O4S. The van der Waals surface area contributed by atoms with Gasteiger partial charge in [-0.25, -0.2) is 8.42 Å². The molecule has 0 saturated heterocycles. The van der Waals surface area contributed by atoms with Crippen molar-refractivity contribution in [2.75, 3.05) is 10.8 Å². The van der Waals surface area contributed by atoms with Crippen LogP contribution in [-0.2, 0) is 21.4 Å². The quantitative estimate of drug-likeness (QED) is 0.596. The van der Waals surface area contributed by atoms with E-state index in [0.717, 1.165) is 5.56 Å². The minimum Gasteiger partial charge on any atom is -0.476 e. The lowest BCUT2D eigenvalue weighted by Gasteiger charge is -2.34. The third-order valence-electron chi connectivity index (χ3n) is 4.84. The molecule has 3 aromatic carbocycles. The molecule has 0 unspecified atom stereocenters. The first-order chi connectivity index (χ1) is 14.9. The maximum absolute atomic E-state index is 13.3. The van der Waals surface area contributed by atoms with Crippen molar-refractivity contribution in [1.29, 1.82) is 0 Å². The second-order valence-corrected chi connectivity index (χ2v) is 9.58. The van der Waals surface area contributed by atoms with Gasteiger partial charge in [0.25, 0.3) is 15.9 Å². The van der Waals surface area contributed by atoms with Crippen molar-refractivity contribution < 1.29 is 17.9 Å².